The molecule has 0 heterocycles. The molecule has 100 valence electrons. The van der Waals surface area contributed by atoms with Crippen molar-refractivity contribution < 1.29 is 19.5 Å². The molecule has 0 bridgehead atoms. The van der Waals surface area contributed by atoms with Crippen molar-refractivity contribution in [2.24, 2.45) is 0 Å². The highest BCUT2D eigenvalue weighted by Gasteiger charge is 2.05. The molecule has 18 heavy (non-hydrogen) atoms. The van der Waals surface area contributed by atoms with Crippen molar-refractivity contribution in [3.8, 4) is 12.3 Å². The van der Waals surface area contributed by atoms with Gasteiger partial charge in [0.15, 0.2) is 0 Å². The van der Waals surface area contributed by atoms with Crippen LogP contribution in [0.2, 0.25) is 0 Å². The van der Waals surface area contributed by atoms with Crippen LogP contribution in [0.1, 0.15) is 19.3 Å². The first-order valence-corrected chi connectivity index (χ1v) is 5.50. The summed E-state index contributed by atoms with van der Waals surface area (Å²) in [5, 5.41) is 15.3. The quantitative estimate of drug-likeness (QED) is 0.339. The van der Waals surface area contributed by atoms with Crippen LogP contribution in [-0.4, -0.2) is 42.6 Å². The lowest BCUT2D eigenvalue weighted by molar-refractivity contribution is -0.137. The highest BCUT2D eigenvalue weighted by Crippen LogP contribution is 1.90. The van der Waals surface area contributed by atoms with E-state index >= 15 is 0 Å². The minimum absolute atomic E-state index is 0.260. The average molecular weight is 255 g/mol. The molecule has 0 fully saturated rings. The van der Waals surface area contributed by atoms with Crippen LogP contribution < -0.4 is 16.0 Å². The van der Waals surface area contributed by atoms with Gasteiger partial charge in [0, 0.05) is 13.0 Å². The Balaban J connectivity index is 3.49. The Bertz CT molecular complexity index is 336. The lowest BCUT2D eigenvalue weighted by atomic mass is 10.2. The molecule has 0 aromatic heterocycles. The Hall–Kier alpha value is -2.23. The van der Waals surface area contributed by atoms with Gasteiger partial charge in [0.1, 0.15) is 6.54 Å². The van der Waals surface area contributed by atoms with E-state index in [9.17, 15) is 14.4 Å². The number of hydrogen-bond acceptors (Lipinski definition) is 3. The molecule has 0 aliphatic heterocycles. The monoisotopic (exact) mass is 255 g/mol. The van der Waals surface area contributed by atoms with Crippen molar-refractivity contribution in [2.45, 2.75) is 19.3 Å². The molecule has 7 heteroatoms. The summed E-state index contributed by atoms with van der Waals surface area (Å²) in [6.07, 6.45) is 7.33. The number of aliphatic carboxylic acids is 1. The van der Waals surface area contributed by atoms with Crippen molar-refractivity contribution >= 4 is 17.9 Å². The number of unbranched alkanes of at least 4 members (excludes halogenated alkanes) is 2. The molecule has 0 aromatic carbocycles. The number of carbonyl (C=O) groups excluding carboxylic acids is 2. The molecule has 7 nitrogen and oxygen atoms in total. The lowest BCUT2D eigenvalue weighted by Gasteiger charge is -2.07. The molecule has 0 atom stereocenters. The second kappa shape index (κ2) is 9.96. The fourth-order valence-corrected chi connectivity index (χ4v) is 1.01. The van der Waals surface area contributed by atoms with Gasteiger partial charge in [0.2, 0.25) is 5.91 Å². The molecule has 0 rings (SSSR count). The van der Waals surface area contributed by atoms with Crippen LogP contribution in [0.25, 0.3) is 0 Å². The predicted molar refractivity (Wildman–Crippen MR) is 64.7 cm³/mol. The topological polar surface area (TPSA) is 108 Å². The number of nitrogens with one attached hydrogen (secondary N) is 3. The summed E-state index contributed by atoms with van der Waals surface area (Å²) in [6, 6.07) is -0.471. The Morgan fingerprint density at radius 1 is 1.06 bits per heavy atom. The molecule has 0 unspecified atom stereocenters. The maximum atomic E-state index is 11.2. The molecule has 4 N–H and O–H groups in total. The summed E-state index contributed by atoms with van der Waals surface area (Å²) < 4.78 is 0. The van der Waals surface area contributed by atoms with Crippen molar-refractivity contribution in [2.75, 3.05) is 19.6 Å². The fourth-order valence-electron chi connectivity index (χ4n) is 1.01. The number of hydrogen-bond donors (Lipinski definition) is 4. The third kappa shape index (κ3) is 10.3. The fraction of sp³-hybridized carbons (Fsp3) is 0.545. The highest BCUT2D eigenvalue weighted by molar-refractivity contribution is 5.86. The highest BCUT2D eigenvalue weighted by atomic mass is 16.4. The zero-order valence-corrected chi connectivity index (χ0v) is 9.99. The van der Waals surface area contributed by atoms with E-state index in [0.29, 0.717) is 13.0 Å². The maximum Gasteiger partial charge on any atom is 0.322 e. The van der Waals surface area contributed by atoms with Crippen LogP contribution in [0.5, 0.6) is 0 Å². The summed E-state index contributed by atoms with van der Waals surface area (Å²) in [5.41, 5.74) is 0. The average Bonchev–Trinajstić information content (AvgIpc) is 2.33. The molecular weight excluding hydrogens is 238 g/mol. The zero-order chi connectivity index (χ0) is 13.8. The van der Waals surface area contributed by atoms with E-state index in [4.69, 9.17) is 11.5 Å². The third-order valence-electron chi connectivity index (χ3n) is 1.88. The molecule has 3 amide bonds. The largest absolute Gasteiger partial charge is 0.480 e. The first-order chi connectivity index (χ1) is 8.56. The maximum absolute atomic E-state index is 11.2. The normalized spacial score (nSPS) is 9.06. The van der Waals surface area contributed by atoms with Crippen LogP contribution in [0.3, 0.4) is 0 Å². The van der Waals surface area contributed by atoms with E-state index in [2.05, 4.69) is 21.9 Å². The Morgan fingerprint density at radius 2 is 1.78 bits per heavy atom. The van der Waals surface area contributed by atoms with Gasteiger partial charge in [-0.25, -0.2) is 4.79 Å². The summed E-state index contributed by atoms with van der Waals surface area (Å²) in [5.74, 6) is 0.797. The molecule has 0 saturated heterocycles. The molecular formula is C11H17N3O4. The van der Waals surface area contributed by atoms with Gasteiger partial charge in [-0.1, -0.05) is 0 Å². The van der Waals surface area contributed by atoms with Gasteiger partial charge in [0.25, 0.3) is 0 Å². The number of urea groups is 1. The van der Waals surface area contributed by atoms with Crippen LogP contribution in [0.4, 0.5) is 4.79 Å². The van der Waals surface area contributed by atoms with Crippen molar-refractivity contribution in [1.29, 1.82) is 0 Å². The van der Waals surface area contributed by atoms with Crippen molar-refractivity contribution in [3.63, 3.8) is 0 Å². The predicted octanol–water partition coefficient (Wildman–Crippen LogP) is -0.710. The minimum Gasteiger partial charge on any atom is -0.480 e. The summed E-state index contributed by atoms with van der Waals surface area (Å²) >= 11 is 0. The van der Waals surface area contributed by atoms with E-state index in [-0.39, 0.29) is 6.54 Å². The second-order valence-electron chi connectivity index (χ2n) is 3.44. The van der Waals surface area contributed by atoms with Crippen LogP contribution >= 0.6 is 0 Å². The smallest absolute Gasteiger partial charge is 0.322 e. The summed E-state index contributed by atoms with van der Waals surface area (Å²) in [7, 11) is 0. The minimum atomic E-state index is -1.14. The number of carboxylic acid groups (broad SMARTS) is 1. The Kier molecular flexibility index (Phi) is 8.72. The number of rotatable bonds is 8. The standard InChI is InChI=1S/C11H17N3O4/c1-2-3-4-5-6-12-11(18)14-7-9(15)13-8-10(16)17/h1H,3-8H2,(H,13,15)(H,16,17)(H2,12,14,18). The van der Waals surface area contributed by atoms with E-state index in [0.717, 1.165) is 12.8 Å². The zero-order valence-electron chi connectivity index (χ0n) is 9.99. The molecule has 0 aliphatic carbocycles. The number of carboxylic acids is 1. The number of amides is 3. The van der Waals surface area contributed by atoms with Gasteiger partial charge in [0.05, 0.1) is 6.54 Å². The SMILES string of the molecule is C#CCCCCNC(=O)NCC(=O)NCC(=O)O. The molecule has 0 spiro atoms. The Morgan fingerprint density at radius 3 is 2.39 bits per heavy atom. The van der Waals surface area contributed by atoms with Gasteiger partial charge < -0.3 is 21.1 Å². The Labute approximate surface area is 105 Å². The summed E-state index contributed by atoms with van der Waals surface area (Å²) in [4.78, 5) is 32.3. The van der Waals surface area contributed by atoms with E-state index < -0.39 is 24.5 Å². The van der Waals surface area contributed by atoms with E-state index in [1.165, 1.54) is 0 Å². The van der Waals surface area contributed by atoms with Crippen molar-refractivity contribution in [1.82, 2.24) is 16.0 Å². The number of terminal acetylenes is 1. The van der Waals surface area contributed by atoms with Crippen LogP contribution in [0.15, 0.2) is 0 Å². The second-order valence-corrected chi connectivity index (χ2v) is 3.44. The van der Waals surface area contributed by atoms with Gasteiger partial charge in [-0.3, -0.25) is 9.59 Å². The van der Waals surface area contributed by atoms with Crippen molar-refractivity contribution in [3.05, 3.63) is 0 Å². The van der Waals surface area contributed by atoms with Gasteiger partial charge in [-0.15, -0.1) is 12.3 Å². The molecule has 0 aromatic rings. The molecule has 0 saturated carbocycles. The molecule has 0 aliphatic rings. The third-order valence-corrected chi connectivity index (χ3v) is 1.88. The van der Waals surface area contributed by atoms with E-state index in [1.807, 2.05) is 0 Å². The number of carbonyl (C=O) groups is 3. The van der Waals surface area contributed by atoms with Gasteiger partial charge in [-0.05, 0) is 12.8 Å². The van der Waals surface area contributed by atoms with Gasteiger partial charge >= 0.3 is 12.0 Å². The molecule has 0 radical (unpaired) electrons. The lowest BCUT2D eigenvalue weighted by Crippen LogP contribution is -2.43. The first-order valence-electron chi connectivity index (χ1n) is 5.50. The van der Waals surface area contributed by atoms with Gasteiger partial charge in [-0.2, -0.15) is 0 Å². The first kappa shape index (κ1) is 15.8. The van der Waals surface area contributed by atoms with Crippen LogP contribution in [0, 0.1) is 12.3 Å². The van der Waals surface area contributed by atoms with Crippen LogP contribution in [-0.2, 0) is 9.59 Å². The summed E-state index contributed by atoms with van der Waals surface area (Å²) in [6.45, 7) is -0.248. The van der Waals surface area contributed by atoms with E-state index in [1.54, 1.807) is 0 Å².